The van der Waals surface area contributed by atoms with Gasteiger partial charge >= 0.3 is 0 Å². The molecule has 1 atom stereocenters. The fourth-order valence-electron chi connectivity index (χ4n) is 1.39. The molecule has 1 aromatic rings. The molecule has 0 heterocycles. The van der Waals surface area contributed by atoms with E-state index in [0.29, 0.717) is 19.1 Å². The minimum atomic E-state index is -0.492. The lowest BCUT2D eigenvalue weighted by Gasteiger charge is -2.14. The van der Waals surface area contributed by atoms with E-state index in [2.05, 4.69) is 19.2 Å². The maximum atomic E-state index is 11.4. The first kappa shape index (κ1) is 14.5. The monoisotopic (exact) mass is 250 g/mol. The topological polar surface area (TPSA) is 64.3 Å². The fourth-order valence-corrected chi connectivity index (χ4v) is 1.39. The van der Waals surface area contributed by atoms with Crippen LogP contribution in [0.5, 0.6) is 5.75 Å². The fraction of sp³-hybridized carbons (Fsp3) is 0.500. The number of nitrogens with two attached hydrogens (primary N) is 1. The van der Waals surface area contributed by atoms with Crippen LogP contribution in [0.4, 0.5) is 0 Å². The quantitative estimate of drug-likeness (QED) is 0.807. The van der Waals surface area contributed by atoms with Gasteiger partial charge in [-0.15, -0.1) is 0 Å². The second kappa shape index (κ2) is 7.01. The Morgan fingerprint density at radius 1 is 1.33 bits per heavy atom. The van der Waals surface area contributed by atoms with E-state index < -0.39 is 6.04 Å². The first-order valence-corrected chi connectivity index (χ1v) is 6.24. The van der Waals surface area contributed by atoms with Crippen LogP contribution in [-0.2, 0) is 11.3 Å². The number of rotatable bonds is 6. The molecule has 1 amide bonds. The predicted molar refractivity (Wildman–Crippen MR) is 72.3 cm³/mol. The van der Waals surface area contributed by atoms with Crippen LogP contribution in [0.2, 0.25) is 0 Å². The number of hydrogen-bond acceptors (Lipinski definition) is 3. The van der Waals surface area contributed by atoms with Gasteiger partial charge in [0.2, 0.25) is 5.91 Å². The Bertz CT molecular complexity index is 389. The Balaban J connectivity index is 2.61. The molecule has 0 aromatic heterocycles. The molecule has 0 spiro atoms. The van der Waals surface area contributed by atoms with Crippen LogP contribution >= 0.6 is 0 Å². The minimum absolute atomic E-state index is 0.159. The van der Waals surface area contributed by atoms with Crippen LogP contribution in [0.3, 0.4) is 0 Å². The lowest BCUT2D eigenvalue weighted by molar-refractivity contribution is -0.122. The van der Waals surface area contributed by atoms with Crippen molar-refractivity contribution in [2.75, 3.05) is 6.61 Å². The highest BCUT2D eigenvalue weighted by Crippen LogP contribution is 2.18. The molecular formula is C14H22N2O2. The van der Waals surface area contributed by atoms with Crippen LogP contribution < -0.4 is 15.8 Å². The SMILES string of the molecule is CC(C)COc1ccccc1CNC(=O)[C@@H](C)N. The van der Waals surface area contributed by atoms with E-state index in [9.17, 15) is 4.79 Å². The molecule has 0 aliphatic carbocycles. The number of carbonyl (C=O) groups is 1. The van der Waals surface area contributed by atoms with Crippen molar-refractivity contribution in [1.82, 2.24) is 5.32 Å². The smallest absolute Gasteiger partial charge is 0.236 e. The standard InChI is InChI=1S/C14H22N2O2/c1-10(2)9-18-13-7-5-4-6-12(13)8-16-14(17)11(3)15/h4-7,10-11H,8-9,15H2,1-3H3,(H,16,17)/t11-/m1/s1. The second-order valence-corrected chi connectivity index (χ2v) is 4.82. The van der Waals surface area contributed by atoms with Crippen LogP contribution in [0.15, 0.2) is 24.3 Å². The van der Waals surface area contributed by atoms with E-state index in [4.69, 9.17) is 10.5 Å². The van der Waals surface area contributed by atoms with E-state index in [1.165, 1.54) is 0 Å². The molecule has 0 bridgehead atoms. The Hall–Kier alpha value is -1.55. The molecule has 1 aromatic carbocycles. The van der Waals surface area contributed by atoms with Crippen molar-refractivity contribution in [3.8, 4) is 5.75 Å². The van der Waals surface area contributed by atoms with Crippen LogP contribution in [0, 0.1) is 5.92 Å². The number of carbonyl (C=O) groups excluding carboxylic acids is 1. The first-order valence-electron chi connectivity index (χ1n) is 6.24. The summed E-state index contributed by atoms with van der Waals surface area (Å²) < 4.78 is 5.71. The van der Waals surface area contributed by atoms with Gasteiger partial charge in [0.15, 0.2) is 0 Å². The van der Waals surface area contributed by atoms with Crippen LogP contribution in [0.25, 0.3) is 0 Å². The highest BCUT2D eigenvalue weighted by molar-refractivity contribution is 5.80. The highest BCUT2D eigenvalue weighted by atomic mass is 16.5. The van der Waals surface area contributed by atoms with E-state index >= 15 is 0 Å². The third-order valence-corrected chi connectivity index (χ3v) is 2.41. The second-order valence-electron chi connectivity index (χ2n) is 4.82. The summed E-state index contributed by atoms with van der Waals surface area (Å²) in [7, 11) is 0. The number of hydrogen-bond donors (Lipinski definition) is 2. The van der Waals surface area contributed by atoms with Gasteiger partial charge in [-0.05, 0) is 18.9 Å². The summed E-state index contributed by atoms with van der Waals surface area (Å²) >= 11 is 0. The molecular weight excluding hydrogens is 228 g/mol. The molecule has 100 valence electrons. The van der Waals surface area contributed by atoms with Crippen molar-refractivity contribution in [1.29, 1.82) is 0 Å². The van der Waals surface area contributed by atoms with Gasteiger partial charge in [-0.3, -0.25) is 4.79 Å². The largest absolute Gasteiger partial charge is 0.493 e. The summed E-state index contributed by atoms with van der Waals surface area (Å²) in [5.41, 5.74) is 6.46. The lowest BCUT2D eigenvalue weighted by atomic mass is 10.2. The Morgan fingerprint density at radius 2 is 2.00 bits per heavy atom. The highest BCUT2D eigenvalue weighted by Gasteiger charge is 2.09. The number of benzene rings is 1. The molecule has 0 saturated heterocycles. The molecule has 18 heavy (non-hydrogen) atoms. The molecule has 0 saturated carbocycles. The van der Waals surface area contributed by atoms with E-state index in [0.717, 1.165) is 11.3 Å². The predicted octanol–water partition coefficient (Wildman–Crippen LogP) is 1.68. The third-order valence-electron chi connectivity index (χ3n) is 2.41. The molecule has 0 fully saturated rings. The Kier molecular flexibility index (Phi) is 5.65. The van der Waals surface area contributed by atoms with Gasteiger partial charge in [-0.1, -0.05) is 32.0 Å². The molecule has 3 N–H and O–H groups in total. The Morgan fingerprint density at radius 3 is 2.61 bits per heavy atom. The summed E-state index contributed by atoms with van der Waals surface area (Å²) in [4.78, 5) is 11.4. The van der Waals surface area contributed by atoms with Crippen molar-refractivity contribution in [3.63, 3.8) is 0 Å². The van der Waals surface area contributed by atoms with Crippen LogP contribution in [0.1, 0.15) is 26.3 Å². The third kappa shape index (κ3) is 4.75. The van der Waals surface area contributed by atoms with Gasteiger partial charge in [0, 0.05) is 12.1 Å². The normalized spacial score (nSPS) is 12.3. The zero-order valence-electron chi connectivity index (χ0n) is 11.3. The van der Waals surface area contributed by atoms with Crippen molar-refractivity contribution in [2.45, 2.75) is 33.4 Å². The number of nitrogens with one attached hydrogen (secondary N) is 1. The van der Waals surface area contributed by atoms with Crippen molar-refractivity contribution < 1.29 is 9.53 Å². The molecule has 0 aliphatic rings. The maximum absolute atomic E-state index is 11.4. The lowest BCUT2D eigenvalue weighted by Crippen LogP contribution is -2.37. The Labute approximate surface area is 109 Å². The van der Waals surface area contributed by atoms with Crippen LogP contribution in [-0.4, -0.2) is 18.6 Å². The molecule has 0 radical (unpaired) electrons. The summed E-state index contributed by atoms with van der Waals surface area (Å²) in [6.07, 6.45) is 0. The van der Waals surface area contributed by atoms with E-state index in [1.54, 1.807) is 6.92 Å². The minimum Gasteiger partial charge on any atom is -0.493 e. The molecule has 0 aliphatic heterocycles. The molecule has 0 unspecified atom stereocenters. The van der Waals surface area contributed by atoms with Gasteiger partial charge in [-0.2, -0.15) is 0 Å². The maximum Gasteiger partial charge on any atom is 0.236 e. The van der Waals surface area contributed by atoms with E-state index in [1.807, 2.05) is 24.3 Å². The van der Waals surface area contributed by atoms with Gasteiger partial charge in [0.25, 0.3) is 0 Å². The van der Waals surface area contributed by atoms with Gasteiger partial charge in [0.05, 0.1) is 12.6 Å². The summed E-state index contributed by atoms with van der Waals surface area (Å²) in [6, 6.07) is 7.21. The van der Waals surface area contributed by atoms with Gasteiger partial charge in [0.1, 0.15) is 5.75 Å². The average molecular weight is 250 g/mol. The zero-order valence-corrected chi connectivity index (χ0v) is 11.3. The summed E-state index contributed by atoms with van der Waals surface area (Å²) in [5.74, 6) is 1.13. The number of para-hydroxylation sites is 1. The number of amides is 1. The van der Waals surface area contributed by atoms with Crippen molar-refractivity contribution in [3.05, 3.63) is 29.8 Å². The summed E-state index contributed by atoms with van der Waals surface area (Å²) in [5, 5.41) is 2.78. The van der Waals surface area contributed by atoms with Gasteiger partial charge < -0.3 is 15.8 Å². The first-order chi connectivity index (χ1) is 8.50. The number of ether oxygens (including phenoxy) is 1. The summed E-state index contributed by atoms with van der Waals surface area (Å²) in [6.45, 7) is 6.96. The van der Waals surface area contributed by atoms with Gasteiger partial charge in [-0.25, -0.2) is 0 Å². The van der Waals surface area contributed by atoms with Crippen molar-refractivity contribution >= 4 is 5.91 Å². The van der Waals surface area contributed by atoms with Crippen molar-refractivity contribution in [2.24, 2.45) is 11.7 Å². The van der Waals surface area contributed by atoms with E-state index in [-0.39, 0.29) is 5.91 Å². The average Bonchev–Trinajstić information content (AvgIpc) is 2.34. The molecule has 4 heteroatoms. The molecule has 1 rings (SSSR count). The zero-order chi connectivity index (χ0) is 13.5. The molecule has 4 nitrogen and oxygen atoms in total.